The molecule has 4 N–H and O–H groups in total. The van der Waals surface area contributed by atoms with Gasteiger partial charge in [0.25, 0.3) is 0 Å². The molecule has 0 atom stereocenters. The fourth-order valence-electron chi connectivity index (χ4n) is 1.44. The standard InChI is InChI=1S/C10H15N7S/c1-17-7(3-4-13-17)6-12-8-5-9(16-11)15-10(14-8)18-2/h3-5H,6,11H2,1-2H3,(H2,12,14,15,16). The second kappa shape index (κ2) is 5.69. The van der Waals surface area contributed by atoms with Crippen molar-refractivity contribution in [1.82, 2.24) is 19.7 Å². The van der Waals surface area contributed by atoms with Crippen molar-refractivity contribution in [3.05, 3.63) is 24.0 Å². The number of hydrogen-bond donors (Lipinski definition) is 3. The fourth-order valence-corrected chi connectivity index (χ4v) is 1.82. The predicted molar refractivity (Wildman–Crippen MR) is 72.2 cm³/mol. The number of nitrogen functional groups attached to an aromatic ring is 1. The molecule has 0 aliphatic carbocycles. The summed E-state index contributed by atoms with van der Waals surface area (Å²) in [5.41, 5.74) is 3.60. The van der Waals surface area contributed by atoms with Gasteiger partial charge in [-0.15, -0.1) is 0 Å². The van der Waals surface area contributed by atoms with Crippen LogP contribution in [0.15, 0.2) is 23.5 Å². The summed E-state index contributed by atoms with van der Waals surface area (Å²) < 4.78 is 1.81. The second-order valence-electron chi connectivity index (χ2n) is 3.57. The van der Waals surface area contributed by atoms with Crippen molar-refractivity contribution >= 4 is 23.4 Å². The van der Waals surface area contributed by atoms with Crippen molar-refractivity contribution in [2.75, 3.05) is 17.0 Å². The smallest absolute Gasteiger partial charge is 0.191 e. The predicted octanol–water partition coefficient (Wildman–Crippen LogP) is 0.830. The maximum absolute atomic E-state index is 5.37. The lowest BCUT2D eigenvalue weighted by molar-refractivity contribution is 0.719. The Labute approximate surface area is 109 Å². The highest BCUT2D eigenvalue weighted by molar-refractivity contribution is 7.98. The molecule has 0 saturated carbocycles. The van der Waals surface area contributed by atoms with E-state index in [1.807, 2.05) is 24.1 Å². The van der Waals surface area contributed by atoms with Gasteiger partial charge >= 0.3 is 0 Å². The largest absolute Gasteiger partial charge is 0.364 e. The molecule has 18 heavy (non-hydrogen) atoms. The van der Waals surface area contributed by atoms with Crippen LogP contribution in [0.4, 0.5) is 11.6 Å². The zero-order valence-corrected chi connectivity index (χ0v) is 11.0. The average Bonchev–Trinajstić information content (AvgIpc) is 2.81. The third kappa shape index (κ3) is 2.90. The summed E-state index contributed by atoms with van der Waals surface area (Å²) in [4.78, 5) is 8.54. The Morgan fingerprint density at radius 2 is 2.17 bits per heavy atom. The van der Waals surface area contributed by atoms with Gasteiger partial charge in [-0.25, -0.2) is 15.8 Å². The summed E-state index contributed by atoms with van der Waals surface area (Å²) in [6.07, 6.45) is 3.68. The number of hydrazine groups is 1. The van der Waals surface area contributed by atoms with Gasteiger partial charge in [-0.1, -0.05) is 11.8 Å². The van der Waals surface area contributed by atoms with Crippen LogP contribution in [0.1, 0.15) is 5.69 Å². The molecule has 0 unspecified atom stereocenters. The van der Waals surface area contributed by atoms with Crippen LogP contribution in [0.2, 0.25) is 0 Å². The van der Waals surface area contributed by atoms with E-state index in [1.165, 1.54) is 11.8 Å². The molecule has 0 amide bonds. The minimum Gasteiger partial charge on any atom is -0.364 e. The van der Waals surface area contributed by atoms with Gasteiger partial charge in [-0.2, -0.15) is 5.10 Å². The normalized spacial score (nSPS) is 10.4. The molecule has 7 nitrogen and oxygen atoms in total. The molecule has 96 valence electrons. The molecular formula is C10H15N7S. The van der Waals surface area contributed by atoms with Crippen molar-refractivity contribution in [2.45, 2.75) is 11.7 Å². The first-order valence-electron chi connectivity index (χ1n) is 5.33. The molecule has 0 saturated heterocycles. The quantitative estimate of drug-likeness (QED) is 0.319. The highest BCUT2D eigenvalue weighted by Crippen LogP contribution is 2.17. The highest BCUT2D eigenvalue weighted by Gasteiger charge is 2.04. The van der Waals surface area contributed by atoms with E-state index >= 15 is 0 Å². The monoisotopic (exact) mass is 265 g/mol. The van der Waals surface area contributed by atoms with Gasteiger partial charge in [0, 0.05) is 19.3 Å². The number of anilines is 2. The first-order valence-corrected chi connectivity index (χ1v) is 6.56. The third-order valence-corrected chi connectivity index (χ3v) is 2.96. The van der Waals surface area contributed by atoms with E-state index in [9.17, 15) is 0 Å². The van der Waals surface area contributed by atoms with Gasteiger partial charge in [-0.05, 0) is 12.3 Å². The number of nitrogens with one attached hydrogen (secondary N) is 2. The summed E-state index contributed by atoms with van der Waals surface area (Å²) >= 11 is 1.46. The van der Waals surface area contributed by atoms with Crippen molar-refractivity contribution in [3.8, 4) is 0 Å². The number of nitrogens with zero attached hydrogens (tertiary/aromatic N) is 4. The lowest BCUT2D eigenvalue weighted by Gasteiger charge is -2.08. The van der Waals surface area contributed by atoms with Crippen molar-refractivity contribution in [2.24, 2.45) is 12.9 Å². The third-order valence-electron chi connectivity index (χ3n) is 2.41. The van der Waals surface area contributed by atoms with Gasteiger partial charge in [0.1, 0.15) is 11.6 Å². The number of thioether (sulfide) groups is 1. The number of aromatic nitrogens is 4. The van der Waals surface area contributed by atoms with E-state index in [-0.39, 0.29) is 0 Å². The molecule has 0 spiro atoms. The van der Waals surface area contributed by atoms with Crippen LogP contribution in [0.25, 0.3) is 0 Å². The first kappa shape index (κ1) is 12.7. The molecule has 0 bridgehead atoms. The minimum atomic E-state index is 0.585. The Hall–Kier alpha value is -1.80. The molecular weight excluding hydrogens is 250 g/mol. The molecule has 0 aromatic carbocycles. The molecule has 0 radical (unpaired) electrons. The first-order chi connectivity index (χ1) is 8.72. The summed E-state index contributed by atoms with van der Waals surface area (Å²) in [7, 11) is 1.90. The van der Waals surface area contributed by atoms with E-state index in [0.29, 0.717) is 17.5 Å². The summed E-state index contributed by atoms with van der Waals surface area (Å²) in [5, 5.41) is 7.99. The molecule has 2 rings (SSSR count). The van der Waals surface area contributed by atoms with Crippen molar-refractivity contribution < 1.29 is 0 Å². The van der Waals surface area contributed by atoms with Crippen LogP contribution in [0.5, 0.6) is 0 Å². The van der Waals surface area contributed by atoms with E-state index in [0.717, 1.165) is 11.5 Å². The second-order valence-corrected chi connectivity index (χ2v) is 4.34. The fraction of sp³-hybridized carbons (Fsp3) is 0.300. The number of aryl methyl sites for hydroxylation is 1. The maximum Gasteiger partial charge on any atom is 0.191 e. The Morgan fingerprint density at radius 1 is 1.39 bits per heavy atom. The zero-order chi connectivity index (χ0) is 13.0. The molecule has 2 heterocycles. The summed E-state index contributed by atoms with van der Waals surface area (Å²) in [5.74, 6) is 6.68. The number of rotatable bonds is 5. The van der Waals surface area contributed by atoms with Crippen LogP contribution in [-0.4, -0.2) is 26.0 Å². The van der Waals surface area contributed by atoms with Gasteiger partial charge < -0.3 is 10.7 Å². The van der Waals surface area contributed by atoms with Gasteiger partial charge in [-0.3, -0.25) is 4.68 Å². The van der Waals surface area contributed by atoms with Crippen LogP contribution < -0.4 is 16.6 Å². The summed E-state index contributed by atoms with van der Waals surface area (Å²) in [6.45, 7) is 0.644. The minimum absolute atomic E-state index is 0.585. The Bertz CT molecular complexity index is 502. The topological polar surface area (TPSA) is 93.7 Å². The Kier molecular flexibility index (Phi) is 4.00. The molecule has 8 heteroatoms. The molecule has 2 aromatic rings. The summed E-state index contributed by atoms with van der Waals surface area (Å²) in [6, 6.07) is 3.71. The van der Waals surface area contributed by atoms with Gasteiger partial charge in [0.05, 0.1) is 12.2 Å². The van der Waals surface area contributed by atoms with Gasteiger partial charge in [0.15, 0.2) is 5.16 Å². The number of nitrogens with two attached hydrogens (primary N) is 1. The van der Waals surface area contributed by atoms with Crippen LogP contribution in [-0.2, 0) is 13.6 Å². The van der Waals surface area contributed by atoms with Crippen molar-refractivity contribution in [1.29, 1.82) is 0 Å². The Morgan fingerprint density at radius 3 is 2.78 bits per heavy atom. The van der Waals surface area contributed by atoms with E-state index in [4.69, 9.17) is 5.84 Å². The molecule has 0 aliphatic rings. The van der Waals surface area contributed by atoms with Crippen LogP contribution >= 0.6 is 11.8 Å². The van der Waals surface area contributed by atoms with E-state index < -0.39 is 0 Å². The zero-order valence-electron chi connectivity index (χ0n) is 10.2. The maximum atomic E-state index is 5.37. The molecule has 0 fully saturated rings. The number of hydrogen-bond acceptors (Lipinski definition) is 7. The Balaban J connectivity index is 2.11. The van der Waals surface area contributed by atoms with Crippen LogP contribution in [0, 0.1) is 0 Å². The SMILES string of the molecule is CSc1nc(NN)cc(NCc2ccnn2C)n1. The lowest BCUT2D eigenvalue weighted by Crippen LogP contribution is -2.11. The lowest BCUT2D eigenvalue weighted by atomic mass is 10.4. The highest BCUT2D eigenvalue weighted by atomic mass is 32.2. The van der Waals surface area contributed by atoms with E-state index in [1.54, 1.807) is 12.3 Å². The van der Waals surface area contributed by atoms with E-state index in [2.05, 4.69) is 25.8 Å². The molecule has 0 aliphatic heterocycles. The van der Waals surface area contributed by atoms with Crippen molar-refractivity contribution in [3.63, 3.8) is 0 Å². The average molecular weight is 265 g/mol. The molecule has 2 aromatic heterocycles. The van der Waals surface area contributed by atoms with Crippen LogP contribution in [0.3, 0.4) is 0 Å². The van der Waals surface area contributed by atoms with Gasteiger partial charge in [0.2, 0.25) is 0 Å².